The summed E-state index contributed by atoms with van der Waals surface area (Å²) in [6.07, 6.45) is 2.01. The zero-order valence-electron chi connectivity index (χ0n) is 14.4. The van der Waals surface area contributed by atoms with Gasteiger partial charge in [-0.25, -0.2) is 8.78 Å². The van der Waals surface area contributed by atoms with Crippen molar-refractivity contribution in [1.29, 1.82) is 0 Å². The molecule has 0 fully saturated rings. The van der Waals surface area contributed by atoms with Crippen molar-refractivity contribution in [3.8, 4) is 0 Å². The normalized spacial score (nSPS) is 13.1. The van der Waals surface area contributed by atoms with E-state index in [9.17, 15) is 13.6 Å². The van der Waals surface area contributed by atoms with E-state index >= 15 is 0 Å². The van der Waals surface area contributed by atoms with Crippen molar-refractivity contribution in [2.24, 2.45) is 11.8 Å². The van der Waals surface area contributed by atoms with Gasteiger partial charge in [0.15, 0.2) is 0 Å². The molecule has 0 N–H and O–H groups in total. The Hall–Kier alpha value is -0.320. The Morgan fingerprint density at radius 3 is 2.18 bits per heavy atom. The molecule has 0 aromatic carbocycles. The van der Waals surface area contributed by atoms with Crippen molar-refractivity contribution < 1.29 is 18.3 Å². The van der Waals surface area contributed by atoms with Crippen LogP contribution in [0.1, 0.15) is 66.2 Å². The lowest BCUT2D eigenvalue weighted by Crippen LogP contribution is -2.24. The van der Waals surface area contributed by atoms with E-state index in [1.807, 2.05) is 13.8 Å². The molecule has 0 aliphatic rings. The zero-order chi connectivity index (χ0) is 17.0. The number of carbonyl (C=O) groups is 1. The van der Waals surface area contributed by atoms with E-state index in [1.165, 1.54) is 0 Å². The van der Waals surface area contributed by atoms with Crippen LogP contribution in [0.2, 0.25) is 0 Å². The summed E-state index contributed by atoms with van der Waals surface area (Å²) in [7, 11) is 0. The fraction of sp³-hybridized carbons (Fsp3) is 0.941. The first kappa shape index (κ1) is 21.7. The summed E-state index contributed by atoms with van der Waals surface area (Å²) in [5, 5.41) is -0.0974. The lowest BCUT2D eigenvalue weighted by atomic mass is 10.1. The van der Waals surface area contributed by atoms with Crippen LogP contribution in [0.5, 0.6) is 0 Å². The molecule has 22 heavy (non-hydrogen) atoms. The number of hydrogen-bond acceptors (Lipinski definition) is 3. The van der Waals surface area contributed by atoms with Gasteiger partial charge in [0.1, 0.15) is 5.25 Å². The first-order chi connectivity index (χ1) is 10.3. The Labute approximate surface area is 138 Å². The third-order valence-electron chi connectivity index (χ3n) is 3.14. The number of carbonyl (C=O) groups excluding carboxylic acids is 1. The van der Waals surface area contributed by atoms with Crippen LogP contribution in [0.25, 0.3) is 0 Å². The maximum atomic E-state index is 12.1. The van der Waals surface area contributed by atoms with Crippen molar-refractivity contribution in [3.05, 3.63) is 0 Å². The van der Waals surface area contributed by atoms with E-state index in [0.717, 1.165) is 31.4 Å². The average Bonchev–Trinajstić information content (AvgIpc) is 2.41. The number of hydrogen-bond donors (Lipinski definition) is 0. The van der Waals surface area contributed by atoms with Crippen LogP contribution in [0, 0.1) is 11.8 Å². The Morgan fingerprint density at radius 2 is 1.64 bits per heavy atom. The van der Waals surface area contributed by atoms with Crippen molar-refractivity contribution in [1.82, 2.24) is 0 Å². The van der Waals surface area contributed by atoms with Crippen LogP contribution in [0.3, 0.4) is 0 Å². The second-order valence-electron chi connectivity index (χ2n) is 6.61. The fourth-order valence-corrected chi connectivity index (χ4v) is 3.36. The molecule has 0 rings (SSSR count). The predicted molar refractivity (Wildman–Crippen MR) is 90.6 cm³/mol. The van der Waals surface area contributed by atoms with Gasteiger partial charge in [0.25, 0.3) is 0 Å². The number of unbranched alkanes of at least 4 members (excludes halogenated alkanes) is 3. The highest BCUT2D eigenvalue weighted by molar-refractivity contribution is 8.00. The fourth-order valence-electron chi connectivity index (χ4n) is 1.98. The molecule has 0 aliphatic carbocycles. The molecule has 5 heteroatoms. The first-order valence-corrected chi connectivity index (χ1v) is 9.44. The van der Waals surface area contributed by atoms with Crippen LogP contribution in [-0.2, 0) is 9.53 Å². The van der Waals surface area contributed by atoms with Crippen molar-refractivity contribution in [2.45, 2.75) is 77.9 Å². The van der Waals surface area contributed by atoms with Crippen molar-refractivity contribution in [2.75, 3.05) is 12.4 Å². The van der Waals surface area contributed by atoms with Crippen molar-refractivity contribution in [3.63, 3.8) is 0 Å². The highest BCUT2D eigenvalue weighted by Gasteiger charge is 2.21. The molecular weight excluding hydrogens is 306 g/mol. The number of esters is 1. The summed E-state index contributed by atoms with van der Waals surface area (Å²) in [5.41, 5.74) is 0. The van der Waals surface area contributed by atoms with Crippen LogP contribution in [0.15, 0.2) is 0 Å². The quantitative estimate of drug-likeness (QED) is 0.325. The SMILES string of the molecule is CC(C)COC(=O)C(CC(C)C)SCCCCCCC(F)F. The van der Waals surface area contributed by atoms with Crippen LogP contribution >= 0.6 is 11.8 Å². The van der Waals surface area contributed by atoms with Gasteiger partial charge >= 0.3 is 5.97 Å². The van der Waals surface area contributed by atoms with Gasteiger partial charge in [0.2, 0.25) is 6.43 Å². The van der Waals surface area contributed by atoms with E-state index < -0.39 is 6.43 Å². The monoisotopic (exact) mass is 338 g/mol. The maximum absolute atomic E-state index is 12.1. The molecule has 2 nitrogen and oxygen atoms in total. The van der Waals surface area contributed by atoms with Gasteiger partial charge < -0.3 is 4.74 Å². The third kappa shape index (κ3) is 13.4. The second kappa shape index (κ2) is 13.1. The van der Waals surface area contributed by atoms with Crippen molar-refractivity contribution >= 4 is 17.7 Å². The second-order valence-corrected chi connectivity index (χ2v) is 7.92. The molecule has 0 aromatic heterocycles. The molecular formula is C17H32F2O2S. The number of thioether (sulfide) groups is 1. The van der Waals surface area contributed by atoms with Gasteiger partial charge in [0, 0.05) is 6.42 Å². The summed E-state index contributed by atoms with van der Waals surface area (Å²) >= 11 is 1.65. The maximum Gasteiger partial charge on any atom is 0.319 e. The average molecular weight is 339 g/mol. The third-order valence-corrected chi connectivity index (χ3v) is 4.45. The largest absolute Gasteiger partial charge is 0.465 e. The lowest BCUT2D eigenvalue weighted by Gasteiger charge is -2.18. The first-order valence-electron chi connectivity index (χ1n) is 8.39. The number of rotatable bonds is 13. The highest BCUT2D eigenvalue weighted by atomic mass is 32.2. The summed E-state index contributed by atoms with van der Waals surface area (Å²) in [6, 6.07) is 0. The molecule has 0 aromatic rings. The van der Waals surface area contributed by atoms with Gasteiger partial charge in [-0.3, -0.25) is 4.79 Å². The Bertz CT molecular complexity index is 284. The summed E-state index contributed by atoms with van der Waals surface area (Å²) in [4.78, 5) is 12.1. The number of alkyl halides is 2. The Balaban J connectivity index is 3.91. The van der Waals surface area contributed by atoms with E-state index in [4.69, 9.17) is 4.74 Å². The zero-order valence-corrected chi connectivity index (χ0v) is 15.3. The van der Waals surface area contributed by atoms with Gasteiger partial charge in [-0.1, -0.05) is 40.5 Å². The smallest absolute Gasteiger partial charge is 0.319 e. The van der Waals surface area contributed by atoms with E-state index in [2.05, 4.69) is 13.8 Å². The molecule has 1 unspecified atom stereocenters. The van der Waals surface area contributed by atoms with Gasteiger partial charge in [0.05, 0.1) is 6.61 Å². The Kier molecular flexibility index (Phi) is 13.0. The molecule has 0 bridgehead atoms. The standard InChI is InChI=1S/C17H32F2O2S/c1-13(2)11-15(17(20)21-12-14(3)4)22-10-8-6-5-7-9-16(18)19/h13-16H,5-12H2,1-4H3. The molecule has 0 saturated carbocycles. The minimum atomic E-state index is -2.18. The minimum Gasteiger partial charge on any atom is -0.465 e. The molecule has 132 valence electrons. The van der Waals surface area contributed by atoms with E-state index in [-0.39, 0.29) is 17.6 Å². The number of ether oxygens (including phenoxy) is 1. The highest BCUT2D eigenvalue weighted by Crippen LogP contribution is 2.23. The summed E-state index contributed by atoms with van der Waals surface area (Å²) in [6.45, 7) is 8.73. The topological polar surface area (TPSA) is 26.3 Å². The molecule has 0 heterocycles. The van der Waals surface area contributed by atoms with Crippen LogP contribution in [-0.4, -0.2) is 30.0 Å². The molecule has 0 spiro atoms. The molecule has 1 atom stereocenters. The summed E-state index contributed by atoms with van der Waals surface area (Å²) < 4.78 is 29.3. The lowest BCUT2D eigenvalue weighted by molar-refractivity contribution is -0.144. The molecule has 0 amide bonds. The van der Waals surface area contributed by atoms with E-state index in [0.29, 0.717) is 24.9 Å². The van der Waals surface area contributed by atoms with Crippen LogP contribution in [0.4, 0.5) is 8.78 Å². The van der Waals surface area contributed by atoms with Gasteiger partial charge in [-0.2, -0.15) is 0 Å². The summed E-state index contributed by atoms with van der Waals surface area (Å²) in [5.74, 6) is 1.59. The minimum absolute atomic E-state index is 0.00461. The van der Waals surface area contributed by atoms with E-state index in [1.54, 1.807) is 11.8 Å². The van der Waals surface area contributed by atoms with Crippen LogP contribution < -0.4 is 0 Å². The Morgan fingerprint density at radius 1 is 1.00 bits per heavy atom. The molecule has 0 saturated heterocycles. The number of halogens is 2. The van der Waals surface area contributed by atoms with Gasteiger partial charge in [-0.15, -0.1) is 11.8 Å². The van der Waals surface area contributed by atoms with Gasteiger partial charge in [-0.05, 0) is 36.9 Å². The molecule has 0 radical (unpaired) electrons. The molecule has 0 aliphatic heterocycles. The predicted octanol–water partition coefficient (Wildman–Crippen LogP) is 5.55.